The number of carboxylic acid groups (broad SMARTS) is 1. The maximum atomic E-state index is 11.9. The van der Waals surface area contributed by atoms with Crippen LogP contribution in [-0.4, -0.2) is 64.8 Å². The quantitative estimate of drug-likeness (QED) is 0.379. The van der Waals surface area contributed by atoms with E-state index in [1.165, 1.54) is 5.69 Å². The predicted octanol–water partition coefficient (Wildman–Crippen LogP) is 4.12. The second-order valence-electron chi connectivity index (χ2n) is 8.28. The van der Waals surface area contributed by atoms with Gasteiger partial charge in [0.05, 0.1) is 24.7 Å². The summed E-state index contributed by atoms with van der Waals surface area (Å²) in [5.74, 6) is -0.384. The van der Waals surface area contributed by atoms with E-state index in [9.17, 15) is 9.59 Å². The first-order chi connectivity index (χ1) is 17.5. The number of amides is 1. The van der Waals surface area contributed by atoms with Gasteiger partial charge in [0.1, 0.15) is 10.9 Å². The molecule has 1 fully saturated rings. The first-order valence-electron chi connectivity index (χ1n) is 11.6. The summed E-state index contributed by atoms with van der Waals surface area (Å²) in [4.78, 5) is 35.2. The van der Waals surface area contributed by atoms with Crippen molar-refractivity contribution in [2.24, 2.45) is 0 Å². The molecule has 1 amide bonds. The Balaban J connectivity index is 1.34. The number of hydrogen-bond donors (Lipinski definition) is 2. The van der Waals surface area contributed by atoms with Gasteiger partial charge in [0.15, 0.2) is 0 Å². The van der Waals surface area contributed by atoms with Crippen LogP contribution in [0.1, 0.15) is 17.0 Å². The van der Waals surface area contributed by atoms with Crippen molar-refractivity contribution in [3.8, 4) is 0 Å². The molecule has 1 aliphatic heterocycles. The van der Waals surface area contributed by atoms with Crippen LogP contribution in [-0.2, 0) is 20.7 Å². The SMILES string of the molecule is Cc1cnc(Cc2ccc(N3CCOCC3)cc2)nc1Sc1ccc(NC(=O)CSCC(=O)O)cc1. The zero-order chi connectivity index (χ0) is 25.3. The standard InChI is InChI=1S/C26H28N4O4S2/c1-18-15-27-23(14-19-2-6-21(7-3-19)30-10-12-34-13-11-30)29-26(18)36-22-8-4-20(5-9-22)28-24(31)16-35-17-25(32)33/h2-9,15H,10-14,16-17H2,1H3,(H,28,31)(H,32,33). The van der Waals surface area contributed by atoms with Gasteiger partial charge in [-0.2, -0.15) is 0 Å². The number of benzene rings is 2. The van der Waals surface area contributed by atoms with Crippen molar-refractivity contribution in [1.29, 1.82) is 0 Å². The monoisotopic (exact) mass is 524 g/mol. The second-order valence-corrected chi connectivity index (χ2v) is 10.3. The van der Waals surface area contributed by atoms with Gasteiger partial charge in [0.2, 0.25) is 5.91 Å². The van der Waals surface area contributed by atoms with E-state index >= 15 is 0 Å². The van der Waals surface area contributed by atoms with E-state index < -0.39 is 5.97 Å². The summed E-state index contributed by atoms with van der Waals surface area (Å²) >= 11 is 2.62. The first kappa shape index (κ1) is 26.0. The van der Waals surface area contributed by atoms with Crippen molar-refractivity contribution in [3.05, 3.63) is 71.7 Å². The van der Waals surface area contributed by atoms with E-state index in [1.54, 1.807) is 11.8 Å². The fraction of sp³-hybridized carbons (Fsp3) is 0.308. The number of morpholine rings is 1. The van der Waals surface area contributed by atoms with Crippen LogP contribution in [0, 0.1) is 6.92 Å². The molecule has 0 bridgehead atoms. The molecule has 0 atom stereocenters. The van der Waals surface area contributed by atoms with Crippen molar-refractivity contribution >= 4 is 46.8 Å². The van der Waals surface area contributed by atoms with Crippen LogP contribution in [0.3, 0.4) is 0 Å². The lowest BCUT2D eigenvalue weighted by atomic mass is 10.1. The third-order valence-corrected chi connectivity index (χ3v) is 7.49. The van der Waals surface area contributed by atoms with Crippen LogP contribution in [0.5, 0.6) is 0 Å². The van der Waals surface area contributed by atoms with Crippen molar-refractivity contribution in [1.82, 2.24) is 9.97 Å². The van der Waals surface area contributed by atoms with E-state index in [2.05, 4.69) is 39.5 Å². The van der Waals surface area contributed by atoms with Gasteiger partial charge in [-0.25, -0.2) is 9.97 Å². The molecule has 4 rings (SSSR count). The lowest BCUT2D eigenvalue weighted by Crippen LogP contribution is -2.36. The molecule has 2 heterocycles. The summed E-state index contributed by atoms with van der Waals surface area (Å²) in [5.41, 5.74) is 4.04. The van der Waals surface area contributed by atoms with Gasteiger partial charge in [0.25, 0.3) is 0 Å². The Morgan fingerprint density at radius 3 is 2.47 bits per heavy atom. The molecule has 2 aromatic carbocycles. The van der Waals surface area contributed by atoms with Crippen molar-refractivity contribution in [2.75, 3.05) is 48.0 Å². The molecular formula is C26H28N4O4S2. The number of aliphatic carboxylic acids is 1. The molecule has 0 unspecified atom stereocenters. The minimum atomic E-state index is -0.931. The number of aromatic nitrogens is 2. The minimum Gasteiger partial charge on any atom is -0.481 e. The molecule has 1 aromatic heterocycles. The van der Waals surface area contributed by atoms with Crippen molar-refractivity contribution in [2.45, 2.75) is 23.3 Å². The number of nitrogens with one attached hydrogen (secondary N) is 1. The third kappa shape index (κ3) is 7.71. The predicted molar refractivity (Wildman–Crippen MR) is 143 cm³/mol. The molecule has 8 nitrogen and oxygen atoms in total. The number of nitrogens with zero attached hydrogens (tertiary/aromatic N) is 3. The Hall–Kier alpha value is -3.08. The number of rotatable bonds is 10. The summed E-state index contributed by atoms with van der Waals surface area (Å²) in [6.07, 6.45) is 2.51. The number of carbonyl (C=O) groups excluding carboxylic acids is 1. The maximum Gasteiger partial charge on any atom is 0.313 e. The topological polar surface area (TPSA) is 105 Å². The normalized spacial score (nSPS) is 13.4. The number of anilines is 2. The van der Waals surface area contributed by atoms with E-state index in [-0.39, 0.29) is 17.4 Å². The molecular weight excluding hydrogens is 496 g/mol. The van der Waals surface area contributed by atoms with Gasteiger partial charge in [-0.15, -0.1) is 11.8 Å². The fourth-order valence-corrected chi connectivity index (χ4v) is 5.02. The number of ether oxygens (including phenoxy) is 1. The van der Waals surface area contributed by atoms with Gasteiger partial charge >= 0.3 is 5.97 Å². The molecule has 1 saturated heterocycles. The Morgan fingerprint density at radius 1 is 1.06 bits per heavy atom. The molecule has 2 N–H and O–H groups in total. The summed E-state index contributed by atoms with van der Waals surface area (Å²) in [5, 5.41) is 12.3. The molecule has 0 aliphatic carbocycles. The van der Waals surface area contributed by atoms with E-state index in [0.29, 0.717) is 12.1 Å². The van der Waals surface area contributed by atoms with Crippen LogP contribution >= 0.6 is 23.5 Å². The highest BCUT2D eigenvalue weighted by atomic mass is 32.2. The number of carbonyl (C=O) groups is 2. The van der Waals surface area contributed by atoms with Gasteiger partial charge in [-0.1, -0.05) is 23.9 Å². The lowest BCUT2D eigenvalue weighted by molar-refractivity contribution is -0.133. The van der Waals surface area contributed by atoms with Crippen molar-refractivity contribution < 1.29 is 19.4 Å². The molecule has 188 valence electrons. The summed E-state index contributed by atoms with van der Waals surface area (Å²) in [6.45, 7) is 5.36. The van der Waals surface area contributed by atoms with Gasteiger partial charge in [0, 0.05) is 42.0 Å². The molecule has 0 radical (unpaired) electrons. The zero-order valence-electron chi connectivity index (χ0n) is 20.0. The van der Waals surface area contributed by atoms with E-state index in [0.717, 1.165) is 64.9 Å². The highest BCUT2D eigenvalue weighted by molar-refractivity contribution is 8.00. The summed E-state index contributed by atoms with van der Waals surface area (Å²) < 4.78 is 5.43. The molecule has 0 spiro atoms. The average Bonchev–Trinajstić information content (AvgIpc) is 2.88. The largest absolute Gasteiger partial charge is 0.481 e. The number of aryl methyl sites for hydroxylation is 1. The molecule has 36 heavy (non-hydrogen) atoms. The van der Waals surface area contributed by atoms with Crippen LogP contribution in [0.15, 0.2) is 64.6 Å². The lowest BCUT2D eigenvalue weighted by Gasteiger charge is -2.28. The number of thioether (sulfide) groups is 1. The summed E-state index contributed by atoms with van der Waals surface area (Å²) in [6, 6.07) is 16.1. The van der Waals surface area contributed by atoms with Gasteiger partial charge in [-0.05, 0) is 54.4 Å². The Kier molecular flexibility index (Phi) is 9.21. The molecule has 10 heteroatoms. The number of hydrogen-bond acceptors (Lipinski definition) is 8. The summed E-state index contributed by atoms with van der Waals surface area (Å²) in [7, 11) is 0. The highest BCUT2D eigenvalue weighted by Crippen LogP contribution is 2.29. The first-order valence-corrected chi connectivity index (χ1v) is 13.5. The third-order valence-electron chi connectivity index (χ3n) is 5.46. The molecule has 3 aromatic rings. The second kappa shape index (κ2) is 12.8. The van der Waals surface area contributed by atoms with Crippen LogP contribution in [0.25, 0.3) is 0 Å². The Morgan fingerprint density at radius 2 is 1.78 bits per heavy atom. The van der Waals surface area contributed by atoms with Gasteiger partial charge < -0.3 is 20.1 Å². The smallest absolute Gasteiger partial charge is 0.313 e. The van der Waals surface area contributed by atoms with Crippen LogP contribution in [0.4, 0.5) is 11.4 Å². The average molecular weight is 525 g/mol. The zero-order valence-corrected chi connectivity index (χ0v) is 21.6. The highest BCUT2D eigenvalue weighted by Gasteiger charge is 2.12. The van der Waals surface area contributed by atoms with Crippen molar-refractivity contribution in [3.63, 3.8) is 0 Å². The van der Waals surface area contributed by atoms with E-state index in [1.807, 2.05) is 37.4 Å². The molecule has 0 saturated carbocycles. The molecule has 1 aliphatic rings. The number of carboxylic acids is 1. The van der Waals surface area contributed by atoms with Gasteiger partial charge in [-0.3, -0.25) is 9.59 Å². The van der Waals surface area contributed by atoms with E-state index in [4.69, 9.17) is 14.8 Å². The Bertz CT molecular complexity index is 1180. The van der Waals surface area contributed by atoms with Crippen LogP contribution < -0.4 is 10.2 Å². The minimum absolute atomic E-state index is 0.0942. The Labute approximate surface area is 218 Å². The maximum absolute atomic E-state index is 11.9. The fourth-order valence-electron chi connectivity index (χ4n) is 3.62. The van der Waals surface area contributed by atoms with Crippen LogP contribution in [0.2, 0.25) is 0 Å².